The number of aromatic nitrogens is 2. The molecule has 0 saturated carbocycles. The van der Waals surface area contributed by atoms with Crippen molar-refractivity contribution in [2.45, 2.75) is 63.3 Å². The first-order chi connectivity index (χ1) is 24.4. The number of nitrogens with zero attached hydrogens (tertiary/aromatic N) is 4. The molecule has 0 bridgehead atoms. The van der Waals surface area contributed by atoms with E-state index in [9.17, 15) is 31.2 Å². The summed E-state index contributed by atoms with van der Waals surface area (Å²) in [5, 5.41) is 0.00450. The van der Waals surface area contributed by atoms with Gasteiger partial charge in [0.15, 0.2) is 9.84 Å². The van der Waals surface area contributed by atoms with Gasteiger partial charge in [-0.05, 0) is 72.9 Å². The summed E-state index contributed by atoms with van der Waals surface area (Å²) in [6.07, 6.45) is -5.69. The summed E-state index contributed by atoms with van der Waals surface area (Å²) in [6.45, 7) is 6.94. The van der Waals surface area contributed by atoms with E-state index in [0.29, 0.717) is 32.4 Å². The van der Waals surface area contributed by atoms with E-state index in [1.54, 1.807) is 6.92 Å². The minimum Gasteiger partial charge on any atom is -0.464 e. The highest BCUT2D eigenvalue weighted by Gasteiger charge is 2.51. The quantitative estimate of drug-likeness (QED) is 0.226. The van der Waals surface area contributed by atoms with Gasteiger partial charge in [0.05, 0.1) is 18.1 Å². The smallest absolute Gasteiger partial charge is 0.429 e. The normalized spacial score (nSPS) is 18.1. The summed E-state index contributed by atoms with van der Waals surface area (Å²) in [4.78, 5) is 37.3. The van der Waals surface area contributed by atoms with Gasteiger partial charge in [-0.2, -0.15) is 23.1 Å². The zero-order chi connectivity index (χ0) is 38.0. The Morgan fingerprint density at radius 3 is 2.42 bits per heavy atom. The number of likely N-dealkylation sites (tertiary alicyclic amines) is 1. The molecule has 12 nitrogen and oxygen atoms in total. The van der Waals surface area contributed by atoms with Crippen LogP contribution in [0.15, 0.2) is 53.4 Å². The molecule has 1 spiro atoms. The van der Waals surface area contributed by atoms with Crippen LogP contribution in [-0.4, -0.2) is 86.7 Å². The van der Waals surface area contributed by atoms with E-state index in [1.807, 2.05) is 18.7 Å². The molecule has 0 radical (unpaired) electrons. The van der Waals surface area contributed by atoms with E-state index in [1.165, 1.54) is 47.4 Å². The van der Waals surface area contributed by atoms with Crippen molar-refractivity contribution in [1.82, 2.24) is 14.9 Å². The number of carbonyl (C=O) groups excluding carboxylic acids is 2. The first-order valence-corrected chi connectivity index (χ1v) is 19.0. The summed E-state index contributed by atoms with van der Waals surface area (Å²) >= 11 is 6.18. The number of amides is 1. The van der Waals surface area contributed by atoms with Crippen molar-refractivity contribution in [3.05, 3.63) is 59.1 Å². The van der Waals surface area contributed by atoms with Gasteiger partial charge in [0, 0.05) is 42.5 Å². The van der Waals surface area contributed by atoms with E-state index in [0.717, 1.165) is 12.3 Å². The number of ether oxygens (including phenoxy) is 3. The molecule has 2 fully saturated rings. The Kier molecular flexibility index (Phi) is 11.5. The fourth-order valence-corrected chi connectivity index (χ4v) is 7.43. The van der Waals surface area contributed by atoms with Gasteiger partial charge in [-0.3, -0.25) is 4.90 Å². The highest BCUT2D eigenvalue weighted by Crippen LogP contribution is 2.46. The van der Waals surface area contributed by atoms with Gasteiger partial charge in [-0.1, -0.05) is 43.6 Å². The lowest BCUT2D eigenvalue weighted by Gasteiger charge is -2.39. The zero-order valence-electron chi connectivity index (χ0n) is 29.2. The molecule has 282 valence electrons. The number of hydrogen-bond acceptors (Lipinski definition) is 11. The predicted molar refractivity (Wildman–Crippen MR) is 188 cm³/mol. The maximum absolute atomic E-state index is 14.8. The van der Waals surface area contributed by atoms with Crippen LogP contribution in [-0.2, 0) is 24.1 Å². The molecule has 3 heterocycles. The summed E-state index contributed by atoms with van der Waals surface area (Å²) < 4.78 is 85.1. The number of nitrogens with two attached hydrogens (primary N) is 1. The molecule has 1 unspecified atom stereocenters. The van der Waals surface area contributed by atoms with Crippen LogP contribution >= 0.6 is 11.6 Å². The Morgan fingerprint density at radius 2 is 1.79 bits per heavy atom. The van der Waals surface area contributed by atoms with Crippen LogP contribution in [0, 0.1) is 11.3 Å². The monoisotopic (exact) mass is 767 g/mol. The average Bonchev–Trinajstić information content (AvgIpc) is 3.44. The Balaban J connectivity index is 1.39. The third-order valence-corrected chi connectivity index (χ3v) is 10.4. The SMILES string of the molecule is CCOC(=O)C1CC2(CCN(c3cc(O[C@H](c4cc(Cl)ccc4-c4cccc(S(C)(=O)=O)c4)C(F)(F)F)nc(N)n3)CC2)CN1C(=O)OCC(C)C. The van der Waals surface area contributed by atoms with Gasteiger partial charge in [0.25, 0.3) is 0 Å². The molecule has 2 N–H and O–H groups in total. The van der Waals surface area contributed by atoms with Gasteiger partial charge >= 0.3 is 18.2 Å². The number of nitrogen functional groups attached to an aromatic ring is 1. The molecule has 0 aliphatic carbocycles. The first kappa shape index (κ1) is 38.9. The number of halogens is 4. The fraction of sp³-hybridized carbons (Fsp3) is 0.486. The molecular formula is C35H41ClF3N5O7S. The lowest BCUT2D eigenvalue weighted by Crippen LogP contribution is -2.44. The standard InChI is InChI=1S/C35H41ClF3N5O7S/c1-5-49-31(45)27-18-34(20-44(27)33(46)50-19-21(2)3)11-13-43(14-12-34)28-17-29(42-32(40)41-28)51-30(35(37,38)39)26-16-23(36)9-10-25(26)22-7-6-8-24(15-22)52(4,47)48/h6-10,15-17,21,27,30H,5,11-14,18-20H2,1-4H3,(H2,40,41,42)/t27?,30-/m1/s1. The average molecular weight is 768 g/mol. The molecule has 17 heteroatoms. The number of rotatable bonds is 10. The van der Waals surface area contributed by atoms with E-state index >= 15 is 0 Å². The number of carbonyl (C=O) groups is 2. The van der Waals surface area contributed by atoms with E-state index in [2.05, 4.69) is 9.97 Å². The second-order valence-electron chi connectivity index (χ2n) is 13.6. The first-order valence-electron chi connectivity index (χ1n) is 16.7. The molecule has 2 aliphatic rings. The van der Waals surface area contributed by atoms with E-state index in [-0.39, 0.29) is 64.1 Å². The van der Waals surface area contributed by atoms with Crippen LogP contribution in [0.4, 0.5) is 29.7 Å². The molecule has 1 amide bonds. The maximum Gasteiger partial charge on any atom is 0.429 e. The van der Waals surface area contributed by atoms with Crippen LogP contribution in [0.3, 0.4) is 0 Å². The summed E-state index contributed by atoms with van der Waals surface area (Å²) in [7, 11) is -3.66. The highest BCUT2D eigenvalue weighted by molar-refractivity contribution is 7.90. The van der Waals surface area contributed by atoms with Crippen LogP contribution < -0.4 is 15.4 Å². The Morgan fingerprint density at radius 1 is 1.08 bits per heavy atom. The van der Waals surface area contributed by atoms with Crippen molar-refractivity contribution < 1.29 is 45.4 Å². The molecule has 2 aromatic carbocycles. The second-order valence-corrected chi connectivity index (χ2v) is 16.0. The third kappa shape index (κ3) is 9.00. The number of hydrogen-bond donors (Lipinski definition) is 1. The third-order valence-electron chi connectivity index (χ3n) is 9.10. The largest absolute Gasteiger partial charge is 0.464 e. The maximum atomic E-state index is 14.8. The van der Waals surface area contributed by atoms with Gasteiger partial charge < -0.3 is 24.8 Å². The van der Waals surface area contributed by atoms with Crippen molar-refractivity contribution in [2.75, 3.05) is 49.7 Å². The predicted octanol–water partition coefficient (Wildman–Crippen LogP) is 6.48. The number of anilines is 2. The van der Waals surface area contributed by atoms with Gasteiger partial charge in [0.1, 0.15) is 11.9 Å². The molecule has 2 atom stereocenters. The molecule has 52 heavy (non-hydrogen) atoms. The van der Waals surface area contributed by atoms with Gasteiger partial charge in [-0.15, -0.1) is 0 Å². The van der Waals surface area contributed by atoms with Gasteiger partial charge in [-0.25, -0.2) is 18.0 Å². The molecule has 1 aromatic heterocycles. The van der Waals surface area contributed by atoms with Crippen LogP contribution in [0.2, 0.25) is 5.02 Å². The molecule has 5 rings (SSSR count). The van der Waals surface area contributed by atoms with Crippen LogP contribution in [0.5, 0.6) is 5.88 Å². The lowest BCUT2D eigenvalue weighted by atomic mass is 9.76. The topological polar surface area (TPSA) is 154 Å². The molecule has 2 aliphatic heterocycles. The number of piperidine rings is 1. The molecular weight excluding hydrogens is 727 g/mol. The van der Waals surface area contributed by atoms with Crippen molar-refractivity contribution in [1.29, 1.82) is 0 Å². The number of alkyl halides is 3. The van der Waals surface area contributed by atoms with Crippen molar-refractivity contribution in [3.63, 3.8) is 0 Å². The number of sulfone groups is 1. The Labute approximate surface area is 305 Å². The Hall–Kier alpha value is -4.31. The van der Waals surface area contributed by atoms with Crippen LogP contribution in [0.1, 0.15) is 51.7 Å². The fourth-order valence-electron chi connectivity index (χ4n) is 6.58. The van der Waals surface area contributed by atoms with Crippen molar-refractivity contribution in [2.24, 2.45) is 11.3 Å². The summed E-state index contributed by atoms with van der Waals surface area (Å²) in [5.41, 5.74) is 5.47. The molecule has 3 aromatic rings. The highest BCUT2D eigenvalue weighted by atomic mass is 35.5. The van der Waals surface area contributed by atoms with E-state index < -0.39 is 51.5 Å². The number of esters is 1. The minimum atomic E-state index is -4.97. The van der Waals surface area contributed by atoms with Crippen molar-refractivity contribution in [3.8, 4) is 17.0 Å². The summed E-state index contributed by atoms with van der Waals surface area (Å²) in [5.74, 6) is -0.916. The molecule has 2 saturated heterocycles. The second kappa shape index (κ2) is 15.3. The van der Waals surface area contributed by atoms with Crippen molar-refractivity contribution >= 4 is 45.3 Å². The summed E-state index contributed by atoms with van der Waals surface area (Å²) in [6, 6.07) is 9.92. The van der Waals surface area contributed by atoms with E-state index in [4.69, 9.17) is 31.5 Å². The van der Waals surface area contributed by atoms with Gasteiger partial charge in [0.2, 0.25) is 17.9 Å². The number of benzene rings is 2. The lowest BCUT2D eigenvalue weighted by molar-refractivity contribution is -0.198. The van der Waals surface area contributed by atoms with Crippen LogP contribution in [0.25, 0.3) is 11.1 Å². The minimum absolute atomic E-state index is 0.00450. The zero-order valence-corrected chi connectivity index (χ0v) is 30.7. The Bertz CT molecular complexity index is 1910.